The molecule has 3 rings (SSSR count). The Kier molecular flexibility index (Phi) is 4.99. The maximum atomic E-state index is 12.0. The lowest BCUT2D eigenvalue weighted by molar-refractivity contribution is -0.117. The number of hydrogen-bond acceptors (Lipinski definition) is 3. The zero-order valence-electron chi connectivity index (χ0n) is 12.1. The minimum Gasteiger partial charge on any atom is -0.394 e. The minimum atomic E-state index is -0.120. The quantitative estimate of drug-likeness (QED) is 0.734. The predicted molar refractivity (Wildman–Crippen MR) is 75.7 cm³/mol. The van der Waals surface area contributed by atoms with E-state index in [1.807, 2.05) is 0 Å². The first kappa shape index (κ1) is 14.5. The summed E-state index contributed by atoms with van der Waals surface area (Å²) in [5.41, 5.74) is 1.27. The molecule has 0 saturated carbocycles. The average Bonchev–Trinajstić information content (AvgIpc) is 2.38. The van der Waals surface area contributed by atoms with Crippen LogP contribution in [0.2, 0.25) is 0 Å². The van der Waals surface area contributed by atoms with Crippen LogP contribution in [0, 0.1) is 11.8 Å². The summed E-state index contributed by atoms with van der Waals surface area (Å²) in [5.74, 6) is 1.04. The number of carbonyl (C=O) groups is 1. The van der Waals surface area contributed by atoms with E-state index in [1.54, 1.807) is 6.08 Å². The largest absolute Gasteiger partial charge is 0.394 e. The topological polar surface area (TPSA) is 52.6 Å². The van der Waals surface area contributed by atoms with Crippen molar-refractivity contribution in [1.29, 1.82) is 0 Å². The Balaban J connectivity index is 1.89. The van der Waals surface area contributed by atoms with E-state index >= 15 is 0 Å². The molecule has 0 aliphatic carbocycles. The molecule has 3 fully saturated rings. The Morgan fingerprint density at radius 1 is 1.47 bits per heavy atom. The molecular formula is C15H26N2O2. The van der Waals surface area contributed by atoms with Crippen molar-refractivity contribution < 1.29 is 9.90 Å². The number of carbonyl (C=O) groups excluding carboxylic acids is 1. The van der Waals surface area contributed by atoms with Gasteiger partial charge in [0.05, 0.1) is 12.6 Å². The van der Waals surface area contributed by atoms with Crippen molar-refractivity contribution in [3.05, 3.63) is 11.6 Å². The average molecular weight is 266 g/mol. The third kappa shape index (κ3) is 4.05. The van der Waals surface area contributed by atoms with Gasteiger partial charge in [0.15, 0.2) is 0 Å². The highest BCUT2D eigenvalue weighted by molar-refractivity contribution is 5.88. The van der Waals surface area contributed by atoms with Gasteiger partial charge in [-0.2, -0.15) is 0 Å². The summed E-state index contributed by atoms with van der Waals surface area (Å²) >= 11 is 0. The molecule has 108 valence electrons. The highest BCUT2D eigenvalue weighted by Crippen LogP contribution is 2.31. The zero-order chi connectivity index (χ0) is 13.8. The van der Waals surface area contributed by atoms with E-state index < -0.39 is 0 Å². The molecule has 3 aliphatic rings. The first-order chi connectivity index (χ1) is 9.08. The second-order valence-electron chi connectivity index (χ2n) is 6.29. The van der Waals surface area contributed by atoms with E-state index in [0.29, 0.717) is 11.8 Å². The summed E-state index contributed by atoms with van der Waals surface area (Å²) in [6, 6.07) is -0.120. The summed E-state index contributed by atoms with van der Waals surface area (Å²) in [6.45, 7) is 7.52. The molecule has 4 nitrogen and oxygen atoms in total. The molecule has 2 bridgehead atoms. The van der Waals surface area contributed by atoms with Crippen molar-refractivity contribution in [2.24, 2.45) is 11.8 Å². The lowest BCUT2D eigenvalue weighted by Gasteiger charge is -2.41. The molecule has 0 aromatic heterocycles. The van der Waals surface area contributed by atoms with Crippen LogP contribution in [-0.2, 0) is 4.79 Å². The van der Waals surface area contributed by atoms with Crippen molar-refractivity contribution >= 4 is 5.91 Å². The molecule has 3 saturated heterocycles. The van der Waals surface area contributed by atoms with Gasteiger partial charge in [-0.3, -0.25) is 9.69 Å². The van der Waals surface area contributed by atoms with Gasteiger partial charge in [0.2, 0.25) is 5.91 Å². The molecule has 3 aliphatic heterocycles. The maximum Gasteiger partial charge on any atom is 0.244 e. The molecule has 0 aromatic rings. The number of hydrogen-bond donors (Lipinski definition) is 2. The van der Waals surface area contributed by atoms with Crippen LogP contribution >= 0.6 is 0 Å². The van der Waals surface area contributed by atoms with E-state index in [2.05, 4.69) is 24.1 Å². The van der Waals surface area contributed by atoms with Crippen LogP contribution in [0.5, 0.6) is 0 Å². The Morgan fingerprint density at radius 3 is 2.63 bits per heavy atom. The van der Waals surface area contributed by atoms with E-state index in [0.717, 1.165) is 13.0 Å². The Labute approximate surface area is 115 Å². The van der Waals surface area contributed by atoms with Crippen molar-refractivity contribution in [2.45, 2.75) is 39.2 Å². The van der Waals surface area contributed by atoms with Crippen molar-refractivity contribution in [3.8, 4) is 0 Å². The van der Waals surface area contributed by atoms with Gasteiger partial charge >= 0.3 is 0 Å². The summed E-state index contributed by atoms with van der Waals surface area (Å²) in [6.07, 6.45) is 4.98. The summed E-state index contributed by atoms with van der Waals surface area (Å²) in [5, 5.41) is 12.2. The molecule has 0 aromatic carbocycles. The second kappa shape index (κ2) is 6.53. The number of rotatable bonds is 5. The number of aliphatic hydroxyl groups is 1. The predicted octanol–water partition coefficient (Wildman–Crippen LogP) is 1.16. The Morgan fingerprint density at radius 2 is 2.16 bits per heavy atom. The molecule has 2 N–H and O–H groups in total. The lowest BCUT2D eigenvalue weighted by atomic mass is 9.83. The van der Waals surface area contributed by atoms with Crippen LogP contribution in [0.1, 0.15) is 33.1 Å². The van der Waals surface area contributed by atoms with Gasteiger partial charge in [-0.05, 0) is 49.8 Å². The number of amides is 1. The summed E-state index contributed by atoms with van der Waals surface area (Å²) < 4.78 is 0. The number of fused-ring (bicyclic) bond motifs is 3. The van der Waals surface area contributed by atoms with Crippen LogP contribution < -0.4 is 5.32 Å². The standard InChI is InChI=1S/C15H26N2O2/c1-11(2)7-14(10-18)16-15(19)8-13-9-17-5-3-12(13)4-6-17/h8,11-12,14,18H,3-7,9-10H2,1-2H3,(H,16,19)/b13-8-. The molecule has 3 heterocycles. The number of aliphatic hydroxyl groups excluding tert-OH is 1. The van der Waals surface area contributed by atoms with Crippen LogP contribution in [0.4, 0.5) is 0 Å². The number of piperidine rings is 3. The fourth-order valence-corrected chi connectivity index (χ4v) is 3.17. The van der Waals surface area contributed by atoms with E-state index in [1.165, 1.54) is 31.5 Å². The molecule has 1 amide bonds. The van der Waals surface area contributed by atoms with E-state index in [9.17, 15) is 9.90 Å². The highest BCUT2D eigenvalue weighted by Gasteiger charge is 2.29. The highest BCUT2D eigenvalue weighted by atomic mass is 16.3. The monoisotopic (exact) mass is 266 g/mol. The van der Waals surface area contributed by atoms with Gasteiger partial charge in [0.25, 0.3) is 0 Å². The fraction of sp³-hybridized carbons (Fsp3) is 0.800. The third-order valence-electron chi connectivity index (χ3n) is 4.16. The van der Waals surface area contributed by atoms with Gasteiger partial charge in [0, 0.05) is 12.6 Å². The number of nitrogens with one attached hydrogen (secondary N) is 1. The van der Waals surface area contributed by atoms with Gasteiger partial charge in [-0.25, -0.2) is 0 Å². The molecule has 4 heteroatoms. The van der Waals surface area contributed by atoms with Gasteiger partial charge in [-0.15, -0.1) is 0 Å². The fourth-order valence-electron chi connectivity index (χ4n) is 3.17. The minimum absolute atomic E-state index is 0.0165. The van der Waals surface area contributed by atoms with Crippen LogP contribution in [0.3, 0.4) is 0 Å². The molecule has 19 heavy (non-hydrogen) atoms. The van der Waals surface area contributed by atoms with Crippen LogP contribution in [0.25, 0.3) is 0 Å². The van der Waals surface area contributed by atoms with Crippen molar-refractivity contribution in [3.63, 3.8) is 0 Å². The summed E-state index contributed by atoms with van der Waals surface area (Å²) in [4.78, 5) is 14.4. The lowest BCUT2D eigenvalue weighted by Crippen LogP contribution is -2.44. The van der Waals surface area contributed by atoms with E-state index in [4.69, 9.17) is 0 Å². The number of nitrogens with zero attached hydrogens (tertiary/aromatic N) is 1. The molecular weight excluding hydrogens is 240 g/mol. The van der Waals surface area contributed by atoms with Crippen molar-refractivity contribution in [1.82, 2.24) is 10.2 Å². The van der Waals surface area contributed by atoms with E-state index in [-0.39, 0.29) is 18.6 Å². The Bertz CT molecular complexity index is 344. The summed E-state index contributed by atoms with van der Waals surface area (Å²) in [7, 11) is 0. The van der Waals surface area contributed by atoms with Gasteiger partial charge < -0.3 is 10.4 Å². The zero-order valence-corrected chi connectivity index (χ0v) is 12.1. The molecule has 0 spiro atoms. The smallest absolute Gasteiger partial charge is 0.244 e. The third-order valence-corrected chi connectivity index (χ3v) is 4.16. The van der Waals surface area contributed by atoms with Gasteiger partial charge in [0.1, 0.15) is 0 Å². The first-order valence-electron chi connectivity index (χ1n) is 7.42. The van der Waals surface area contributed by atoms with Gasteiger partial charge in [-0.1, -0.05) is 13.8 Å². The molecule has 1 atom stereocenters. The normalized spacial score (nSPS) is 29.8. The maximum absolute atomic E-state index is 12.0. The first-order valence-corrected chi connectivity index (χ1v) is 7.42. The SMILES string of the molecule is CC(C)CC(CO)NC(=O)/C=C1/CN2CCC1CC2. The molecule has 1 unspecified atom stereocenters. The van der Waals surface area contributed by atoms with Crippen molar-refractivity contribution in [2.75, 3.05) is 26.2 Å². The second-order valence-corrected chi connectivity index (χ2v) is 6.29. The van der Waals surface area contributed by atoms with Crippen LogP contribution in [0.15, 0.2) is 11.6 Å². The Hall–Kier alpha value is -0.870. The molecule has 0 radical (unpaired) electrons. The van der Waals surface area contributed by atoms with Crippen LogP contribution in [-0.4, -0.2) is 48.2 Å².